The van der Waals surface area contributed by atoms with Crippen LogP contribution < -0.4 is 4.74 Å². The summed E-state index contributed by atoms with van der Waals surface area (Å²) in [6, 6.07) is 29.7. The Morgan fingerprint density at radius 2 is 1.29 bits per heavy atom. The molecule has 4 aromatic rings. The monoisotopic (exact) mass is 433 g/mol. The summed E-state index contributed by atoms with van der Waals surface area (Å²) < 4.78 is 18.0. The minimum absolute atomic E-state index is 0.260. The lowest BCUT2D eigenvalue weighted by Crippen LogP contribution is -2.28. The van der Waals surface area contributed by atoms with E-state index in [9.17, 15) is 0 Å². The first-order valence-corrected chi connectivity index (χ1v) is 10.6. The number of ether oxygens (including phenoxy) is 3. The number of aromatic nitrogens is 1. The van der Waals surface area contributed by atoms with Crippen LogP contribution in [0.15, 0.2) is 91.0 Å². The molecule has 0 aliphatic carbocycles. The Morgan fingerprint density at radius 1 is 0.710 bits per heavy atom. The van der Waals surface area contributed by atoms with Crippen LogP contribution >= 0.6 is 11.6 Å². The van der Waals surface area contributed by atoms with Crippen LogP contribution in [0.1, 0.15) is 11.1 Å². The Balaban J connectivity index is 1.40. The van der Waals surface area contributed by atoms with Crippen LogP contribution in [-0.4, -0.2) is 24.3 Å². The maximum atomic E-state index is 6.21. The summed E-state index contributed by atoms with van der Waals surface area (Å²) >= 11 is 6.04. The molecule has 1 heterocycles. The summed E-state index contributed by atoms with van der Waals surface area (Å²) in [5, 5.41) is 1.47. The van der Waals surface area contributed by atoms with Gasteiger partial charge < -0.3 is 14.2 Å². The molecule has 3 aromatic carbocycles. The van der Waals surface area contributed by atoms with Gasteiger partial charge in [0.05, 0.1) is 31.9 Å². The van der Waals surface area contributed by atoms with E-state index in [0.717, 1.165) is 22.0 Å². The van der Waals surface area contributed by atoms with Gasteiger partial charge in [0.2, 0.25) is 0 Å². The zero-order valence-electron chi connectivity index (χ0n) is 17.1. The maximum Gasteiger partial charge on any atom is 0.145 e. The topological polar surface area (TPSA) is 40.6 Å². The molecule has 4 rings (SSSR count). The highest BCUT2D eigenvalue weighted by molar-refractivity contribution is 6.29. The van der Waals surface area contributed by atoms with Gasteiger partial charge >= 0.3 is 0 Å². The van der Waals surface area contributed by atoms with Crippen molar-refractivity contribution in [2.75, 3.05) is 13.2 Å². The first kappa shape index (κ1) is 21.3. The van der Waals surface area contributed by atoms with Crippen molar-refractivity contribution in [1.29, 1.82) is 0 Å². The minimum atomic E-state index is -0.260. The fourth-order valence-electron chi connectivity index (χ4n) is 3.22. The van der Waals surface area contributed by atoms with E-state index in [0.29, 0.717) is 37.3 Å². The molecule has 0 spiro atoms. The number of fused-ring (bicyclic) bond motifs is 1. The standard InChI is InChI=1S/C26H24ClNO3/c27-26-14-12-22-11-13-23(15-25(22)28-26)31-24(18-29-16-20-7-3-1-4-8-20)19-30-17-21-9-5-2-6-10-21/h1-15,24H,16-19H2. The summed E-state index contributed by atoms with van der Waals surface area (Å²) in [5.41, 5.74) is 3.03. The molecule has 0 amide bonds. The fourth-order valence-corrected chi connectivity index (χ4v) is 3.37. The lowest BCUT2D eigenvalue weighted by molar-refractivity contribution is -0.0156. The Bertz CT molecular complexity index is 1040. The lowest BCUT2D eigenvalue weighted by Gasteiger charge is -2.20. The van der Waals surface area contributed by atoms with Gasteiger partial charge in [-0.25, -0.2) is 4.98 Å². The van der Waals surface area contributed by atoms with E-state index in [1.54, 1.807) is 6.07 Å². The normalized spacial score (nSPS) is 11.2. The van der Waals surface area contributed by atoms with Gasteiger partial charge in [-0.05, 0) is 35.4 Å². The molecule has 0 saturated carbocycles. The Kier molecular flexibility index (Phi) is 7.51. The smallest absolute Gasteiger partial charge is 0.145 e. The van der Waals surface area contributed by atoms with Crippen molar-refractivity contribution in [2.45, 2.75) is 19.3 Å². The number of rotatable bonds is 10. The predicted octanol–water partition coefficient (Wildman–Crippen LogP) is 6.07. The minimum Gasteiger partial charge on any atom is -0.486 e. The summed E-state index contributed by atoms with van der Waals surface area (Å²) in [4.78, 5) is 4.37. The van der Waals surface area contributed by atoms with Crippen molar-refractivity contribution in [3.05, 3.63) is 107 Å². The van der Waals surface area contributed by atoms with E-state index in [1.165, 1.54) is 0 Å². The van der Waals surface area contributed by atoms with E-state index in [1.807, 2.05) is 84.9 Å². The third-order valence-corrected chi connectivity index (χ3v) is 4.97. The van der Waals surface area contributed by atoms with E-state index < -0.39 is 0 Å². The van der Waals surface area contributed by atoms with Crippen LogP contribution in [-0.2, 0) is 22.7 Å². The second-order valence-electron chi connectivity index (χ2n) is 7.23. The molecule has 0 radical (unpaired) electrons. The molecule has 0 bridgehead atoms. The molecular formula is C26H24ClNO3. The quantitative estimate of drug-likeness (QED) is 0.284. The molecule has 5 heteroatoms. The molecule has 4 nitrogen and oxygen atoms in total. The second-order valence-corrected chi connectivity index (χ2v) is 7.62. The van der Waals surface area contributed by atoms with Crippen LogP contribution in [0.4, 0.5) is 0 Å². The zero-order valence-corrected chi connectivity index (χ0v) is 17.9. The fraction of sp³-hybridized carbons (Fsp3) is 0.192. The number of benzene rings is 3. The highest BCUT2D eigenvalue weighted by Crippen LogP contribution is 2.22. The van der Waals surface area contributed by atoms with Gasteiger partial charge in [-0.15, -0.1) is 0 Å². The second kappa shape index (κ2) is 10.9. The third-order valence-electron chi connectivity index (χ3n) is 4.76. The van der Waals surface area contributed by atoms with Gasteiger partial charge in [0.1, 0.15) is 17.0 Å². The van der Waals surface area contributed by atoms with Crippen molar-refractivity contribution in [2.24, 2.45) is 0 Å². The average molecular weight is 434 g/mol. The van der Waals surface area contributed by atoms with Gasteiger partial charge in [0.25, 0.3) is 0 Å². The van der Waals surface area contributed by atoms with Crippen molar-refractivity contribution in [3.8, 4) is 5.75 Å². The predicted molar refractivity (Wildman–Crippen MR) is 123 cm³/mol. The summed E-state index contributed by atoms with van der Waals surface area (Å²) in [5.74, 6) is 0.707. The van der Waals surface area contributed by atoms with Crippen molar-refractivity contribution >= 4 is 22.5 Å². The van der Waals surface area contributed by atoms with E-state index in [-0.39, 0.29) is 6.10 Å². The van der Waals surface area contributed by atoms with Gasteiger partial charge in [-0.2, -0.15) is 0 Å². The Labute approximate surface area is 187 Å². The number of pyridine rings is 1. The van der Waals surface area contributed by atoms with E-state index in [2.05, 4.69) is 4.98 Å². The van der Waals surface area contributed by atoms with Crippen molar-refractivity contribution in [3.63, 3.8) is 0 Å². The summed E-state index contributed by atoms with van der Waals surface area (Å²) in [7, 11) is 0. The van der Waals surface area contributed by atoms with Crippen molar-refractivity contribution < 1.29 is 14.2 Å². The average Bonchev–Trinajstić information content (AvgIpc) is 2.80. The van der Waals surface area contributed by atoms with Crippen LogP contribution in [0.25, 0.3) is 10.9 Å². The first-order valence-electron chi connectivity index (χ1n) is 10.2. The molecule has 0 aliphatic heterocycles. The van der Waals surface area contributed by atoms with Crippen LogP contribution in [0.3, 0.4) is 0 Å². The van der Waals surface area contributed by atoms with Gasteiger partial charge in [0.15, 0.2) is 0 Å². The lowest BCUT2D eigenvalue weighted by atomic mass is 10.2. The van der Waals surface area contributed by atoms with Gasteiger partial charge in [-0.3, -0.25) is 0 Å². The summed E-state index contributed by atoms with van der Waals surface area (Å²) in [6.07, 6.45) is -0.260. The largest absolute Gasteiger partial charge is 0.486 e. The van der Waals surface area contributed by atoms with Crippen molar-refractivity contribution in [1.82, 2.24) is 4.98 Å². The molecule has 31 heavy (non-hydrogen) atoms. The van der Waals surface area contributed by atoms with Crippen LogP contribution in [0.2, 0.25) is 5.15 Å². The molecule has 1 aromatic heterocycles. The van der Waals surface area contributed by atoms with Crippen LogP contribution in [0, 0.1) is 0 Å². The zero-order chi connectivity index (χ0) is 21.3. The molecule has 0 unspecified atom stereocenters. The van der Waals surface area contributed by atoms with E-state index in [4.69, 9.17) is 25.8 Å². The third kappa shape index (κ3) is 6.53. The number of hydrogen-bond donors (Lipinski definition) is 0. The molecule has 158 valence electrons. The number of hydrogen-bond acceptors (Lipinski definition) is 4. The summed E-state index contributed by atoms with van der Waals surface area (Å²) in [6.45, 7) is 1.86. The Hall–Kier alpha value is -2.92. The van der Waals surface area contributed by atoms with Gasteiger partial charge in [-0.1, -0.05) is 72.3 Å². The number of halogens is 1. The molecule has 0 fully saturated rings. The molecule has 0 aliphatic rings. The first-order chi connectivity index (χ1) is 15.3. The highest BCUT2D eigenvalue weighted by atomic mass is 35.5. The maximum absolute atomic E-state index is 6.21. The molecular weight excluding hydrogens is 410 g/mol. The molecule has 0 saturated heterocycles. The Morgan fingerprint density at radius 3 is 1.90 bits per heavy atom. The highest BCUT2D eigenvalue weighted by Gasteiger charge is 2.13. The number of nitrogens with zero attached hydrogens (tertiary/aromatic N) is 1. The van der Waals surface area contributed by atoms with E-state index >= 15 is 0 Å². The van der Waals surface area contributed by atoms with Gasteiger partial charge in [0, 0.05) is 11.5 Å². The SMILES string of the molecule is Clc1ccc2ccc(OC(COCc3ccccc3)COCc3ccccc3)cc2n1. The van der Waals surface area contributed by atoms with Crippen LogP contribution in [0.5, 0.6) is 5.75 Å². The molecule has 0 N–H and O–H groups in total. The molecule has 0 atom stereocenters.